The van der Waals surface area contributed by atoms with Crippen molar-refractivity contribution in [1.82, 2.24) is 9.47 Å². The van der Waals surface area contributed by atoms with Crippen molar-refractivity contribution in [2.45, 2.75) is 31.7 Å². The number of carboxylic acid groups (broad SMARTS) is 1. The van der Waals surface area contributed by atoms with Gasteiger partial charge in [-0.2, -0.15) is 0 Å². The zero-order valence-corrected chi connectivity index (χ0v) is 19.1. The number of carbonyl (C=O) groups is 1. The van der Waals surface area contributed by atoms with Crippen LogP contribution in [0.15, 0.2) is 40.3 Å². The maximum Gasteiger partial charge on any atom is 0.341 e. The molecule has 0 bridgehead atoms. The third kappa shape index (κ3) is 3.74. The maximum atomic E-state index is 12.9. The van der Waals surface area contributed by atoms with Crippen molar-refractivity contribution in [3.05, 3.63) is 56.9 Å². The van der Waals surface area contributed by atoms with Gasteiger partial charge in [-0.15, -0.1) is 12.4 Å². The van der Waals surface area contributed by atoms with Crippen molar-refractivity contribution in [1.29, 1.82) is 0 Å². The fourth-order valence-corrected chi connectivity index (χ4v) is 5.74. The highest BCUT2D eigenvalue weighted by molar-refractivity contribution is 8.11. The van der Waals surface area contributed by atoms with Gasteiger partial charge in [-0.05, 0) is 43.7 Å². The van der Waals surface area contributed by atoms with E-state index in [9.17, 15) is 14.7 Å². The van der Waals surface area contributed by atoms with Crippen LogP contribution in [-0.4, -0.2) is 41.2 Å². The molecule has 2 aliphatic heterocycles. The van der Waals surface area contributed by atoms with Crippen LogP contribution in [0.1, 0.15) is 47.6 Å². The minimum Gasteiger partial charge on any atom is -0.494 e. The number of aromatic nitrogens is 1. The van der Waals surface area contributed by atoms with Gasteiger partial charge >= 0.3 is 5.97 Å². The van der Waals surface area contributed by atoms with Gasteiger partial charge in [0.05, 0.1) is 18.0 Å². The summed E-state index contributed by atoms with van der Waals surface area (Å²) >= 11 is 1.77. The number of methoxy groups -OCH3 is 1. The number of carboxylic acids is 1. The summed E-state index contributed by atoms with van der Waals surface area (Å²) in [6, 6.07) is 3.87. The minimum absolute atomic E-state index is 0. The van der Waals surface area contributed by atoms with Crippen LogP contribution >= 0.6 is 24.2 Å². The van der Waals surface area contributed by atoms with Crippen LogP contribution in [0.25, 0.3) is 15.8 Å². The van der Waals surface area contributed by atoms with E-state index in [2.05, 4.69) is 24.2 Å². The van der Waals surface area contributed by atoms with Crippen molar-refractivity contribution >= 4 is 45.9 Å². The van der Waals surface area contributed by atoms with Crippen molar-refractivity contribution in [3.8, 4) is 5.75 Å². The molecule has 5 rings (SSSR count). The third-order valence-corrected chi connectivity index (χ3v) is 7.46. The number of aromatic carboxylic acids is 1. The van der Waals surface area contributed by atoms with E-state index in [-0.39, 0.29) is 24.0 Å². The Morgan fingerprint density at radius 1 is 1.26 bits per heavy atom. The molecule has 1 aromatic carbocycles. The summed E-state index contributed by atoms with van der Waals surface area (Å²) in [6.07, 6.45) is 10.1. The molecule has 1 N–H and O–H groups in total. The van der Waals surface area contributed by atoms with Crippen LogP contribution in [0, 0.1) is 5.92 Å². The maximum absolute atomic E-state index is 12.9. The van der Waals surface area contributed by atoms with Gasteiger partial charge in [0.15, 0.2) is 5.75 Å². The molecule has 2 aromatic rings. The van der Waals surface area contributed by atoms with Crippen LogP contribution in [0.5, 0.6) is 5.75 Å². The lowest BCUT2D eigenvalue weighted by atomic mass is 9.96. The molecule has 0 saturated heterocycles. The second kappa shape index (κ2) is 8.28. The van der Waals surface area contributed by atoms with Gasteiger partial charge in [-0.1, -0.05) is 17.8 Å². The Morgan fingerprint density at radius 3 is 2.71 bits per heavy atom. The van der Waals surface area contributed by atoms with Gasteiger partial charge in [0.1, 0.15) is 5.56 Å². The van der Waals surface area contributed by atoms with E-state index in [4.69, 9.17) is 4.74 Å². The Balaban J connectivity index is 0.00000231. The number of hydrogen-bond donors (Lipinski definition) is 1. The number of benzene rings is 1. The number of halogens is 1. The topological polar surface area (TPSA) is 71.8 Å². The number of hydrogen-bond acceptors (Lipinski definition) is 5. The predicted molar refractivity (Wildman–Crippen MR) is 126 cm³/mol. The molecule has 3 aliphatic rings. The summed E-state index contributed by atoms with van der Waals surface area (Å²) < 4.78 is 7.79. The lowest BCUT2D eigenvalue weighted by Crippen LogP contribution is -2.24. The largest absolute Gasteiger partial charge is 0.494 e. The number of nitrogens with zero attached hydrogens (tertiary/aromatic N) is 2. The van der Waals surface area contributed by atoms with Crippen LogP contribution in [0.3, 0.4) is 0 Å². The minimum atomic E-state index is -1.19. The summed E-state index contributed by atoms with van der Waals surface area (Å²) in [5.41, 5.74) is 1.01. The molecular formula is C23H25ClN2O4S. The van der Waals surface area contributed by atoms with E-state index in [0.29, 0.717) is 22.6 Å². The highest BCUT2D eigenvalue weighted by Gasteiger charge is 2.31. The standard InChI is InChI=1S/C23H24N2O4S.ClH/c1-24-10-9-13-3-8-18(30-19(13)12-24)15-6-7-16-20(22(15)29-2)25(14-4-5-14)11-17(21(16)26)23(27)28;/h6-8,11-14H,3-5,9-10H2,1-2H3,(H,27,28);1H. The average Bonchev–Trinajstić information content (AvgIpc) is 3.57. The van der Waals surface area contributed by atoms with E-state index < -0.39 is 11.4 Å². The fourth-order valence-electron chi connectivity index (χ4n) is 4.43. The molecular weight excluding hydrogens is 436 g/mol. The van der Waals surface area contributed by atoms with Gasteiger partial charge in [0.25, 0.3) is 0 Å². The van der Waals surface area contributed by atoms with Gasteiger partial charge in [-0.25, -0.2) is 4.79 Å². The van der Waals surface area contributed by atoms with Gasteiger partial charge in [0, 0.05) is 47.4 Å². The normalized spacial score (nSPS) is 20.5. The smallest absolute Gasteiger partial charge is 0.341 e. The van der Waals surface area contributed by atoms with Crippen molar-refractivity contribution in [2.24, 2.45) is 5.92 Å². The van der Waals surface area contributed by atoms with Crippen LogP contribution < -0.4 is 10.2 Å². The Labute approximate surface area is 191 Å². The average molecular weight is 461 g/mol. The van der Waals surface area contributed by atoms with Crippen LogP contribution in [0.2, 0.25) is 0 Å². The molecule has 31 heavy (non-hydrogen) atoms. The Hall–Kier alpha value is -2.38. The number of allylic oxidation sites excluding steroid dienone is 2. The molecule has 3 heterocycles. The van der Waals surface area contributed by atoms with E-state index >= 15 is 0 Å². The van der Waals surface area contributed by atoms with Crippen LogP contribution in [-0.2, 0) is 0 Å². The molecule has 0 amide bonds. The monoisotopic (exact) mass is 460 g/mol. The van der Waals surface area contributed by atoms with Gasteiger partial charge in [-0.3, -0.25) is 4.79 Å². The molecule has 0 radical (unpaired) electrons. The number of thioether (sulfide) groups is 1. The van der Waals surface area contributed by atoms with Gasteiger partial charge < -0.3 is 19.3 Å². The molecule has 1 aliphatic carbocycles. The number of pyridine rings is 1. The SMILES string of the molecule is COc1c(C2=CCC3CCN(C)C=C3S2)ccc2c(=O)c(C(=O)O)cn(C3CC3)c12.Cl. The second-order valence-corrected chi connectivity index (χ2v) is 9.38. The molecule has 1 fully saturated rings. The molecule has 8 heteroatoms. The molecule has 1 unspecified atom stereocenters. The third-order valence-electron chi connectivity index (χ3n) is 6.18. The zero-order valence-electron chi connectivity index (χ0n) is 17.5. The van der Waals surface area contributed by atoms with E-state index in [1.54, 1.807) is 24.9 Å². The number of ether oxygens (including phenoxy) is 1. The van der Waals surface area contributed by atoms with Gasteiger partial charge in [0.2, 0.25) is 5.43 Å². The Kier molecular flexibility index (Phi) is 5.83. The molecule has 1 aromatic heterocycles. The van der Waals surface area contributed by atoms with Crippen molar-refractivity contribution < 1.29 is 14.6 Å². The summed E-state index contributed by atoms with van der Waals surface area (Å²) in [7, 11) is 3.72. The lowest BCUT2D eigenvalue weighted by molar-refractivity contribution is 0.0695. The summed E-state index contributed by atoms with van der Waals surface area (Å²) in [5, 5.41) is 9.90. The Morgan fingerprint density at radius 2 is 2.03 bits per heavy atom. The molecule has 164 valence electrons. The molecule has 0 spiro atoms. The first kappa shape index (κ1) is 21.8. The number of rotatable bonds is 4. The zero-order chi connectivity index (χ0) is 21.0. The summed E-state index contributed by atoms with van der Waals surface area (Å²) in [5.74, 6) is 0.0314. The van der Waals surface area contributed by atoms with E-state index in [0.717, 1.165) is 42.7 Å². The highest BCUT2D eigenvalue weighted by Crippen LogP contribution is 2.49. The second-order valence-electron chi connectivity index (χ2n) is 8.26. The molecule has 1 saturated carbocycles. The number of fused-ring (bicyclic) bond motifs is 2. The lowest BCUT2D eigenvalue weighted by Gasteiger charge is -2.32. The van der Waals surface area contributed by atoms with Crippen molar-refractivity contribution in [2.75, 3.05) is 20.7 Å². The first-order valence-electron chi connectivity index (χ1n) is 10.3. The van der Waals surface area contributed by atoms with E-state index in [1.165, 1.54) is 11.1 Å². The highest BCUT2D eigenvalue weighted by atomic mass is 35.5. The molecule has 6 nitrogen and oxygen atoms in total. The van der Waals surface area contributed by atoms with Crippen LogP contribution in [0.4, 0.5) is 0 Å². The summed E-state index contributed by atoms with van der Waals surface area (Å²) in [4.78, 5) is 29.2. The quantitative estimate of drug-likeness (QED) is 0.710. The first-order chi connectivity index (χ1) is 14.5. The first-order valence-corrected chi connectivity index (χ1v) is 11.1. The predicted octanol–water partition coefficient (Wildman–Crippen LogP) is 4.74. The molecule has 1 atom stereocenters. The van der Waals surface area contributed by atoms with E-state index in [1.807, 2.05) is 10.6 Å². The van der Waals surface area contributed by atoms with Crippen molar-refractivity contribution in [3.63, 3.8) is 0 Å². The summed E-state index contributed by atoms with van der Waals surface area (Å²) in [6.45, 7) is 1.08. The Bertz CT molecular complexity index is 1180. The fraction of sp³-hybridized carbons (Fsp3) is 0.391.